The molecule has 0 aliphatic carbocycles. The fraction of sp³-hybridized carbons (Fsp3) is 0.538. The molecule has 0 fully saturated rings. The zero-order valence-corrected chi connectivity index (χ0v) is 9.83. The molecule has 0 aromatic heterocycles. The van der Waals surface area contributed by atoms with E-state index < -0.39 is 0 Å². The van der Waals surface area contributed by atoms with Crippen LogP contribution in [0.25, 0.3) is 0 Å². The highest BCUT2D eigenvalue weighted by Gasteiger charge is 1.96. The molecular formula is C13H22NO+. The Labute approximate surface area is 92.6 Å². The second-order valence-electron chi connectivity index (χ2n) is 3.84. The van der Waals surface area contributed by atoms with E-state index in [4.69, 9.17) is 4.74 Å². The molecule has 15 heavy (non-hydrogen) atoms. The fourth-order valence-electron chi connectivity index (χ4n) is 1.57. The van der Waals surface area contributed by atoms with E-state index in [0.717, 1.165) is 12.3 Å². The molecule has 1 aromatic rings. The van der Waals surface area contributed by atoms with Crippen molar-refractivity contribution in [2.75, 3.05) is 13.7 Å². The summed E-state index contributed by atoms with van der Waals surface area (Å²) >= 11 is 0. The molecule has 0 spiro atoms. The molecule has 1 aromatic carbocycles. The number of benzene rings is 1. The highest BCUT2D eigenvalue weighted by atomic mass is 16.5. The molecule has 1 rings (SSSR count). The van der Waals surface area contributed by atoms with E-state index in [1.165, 1.54) is 31.4 Å². The molecule has 2 heteroatoms. The summed E-state index contributed by atoms with van der Waals surface area (Å²) in [6.45, 7) is 4.55. The molecule has 2 nitrogen and oxygen atoms in total. The maximum Gasteiger partial charge on any atom is 0.118 e. The predicted octanol–water partition coefficient (Wildman–Crippen LogP) is 1.95. The van der Waals surface area contributed by atoms with Gasteiger partial charge in [0.25, 0.3) is 0 Å². The largest absolute Gasteiger partial charge is 0.497 e. The third-order valence-electron chi connectivity index (χ3n) is 2.55. The summed E-state index contributed by atoms with van der Waals surface area (Å²) in [4.78, 5) is 0. The van der Waals surface area contributed by atoms with E-state index in [1.807, 2.05) is 12.1 Å². The smallest absolute Gasteiger partial charge is 0.118 e. The van der Waals surface area contributed by atoms with Gasteiger partial charge < -0.3 is 10.1 Å². The van der Waals surface area contributed by atoms with E-state index in [-0.39, 0.29) is 0 Å². The van der Waals surface area contributed by atoms with Gasteiger partial charge in [-0.15, -0.1) is 0 Å². The van der Waals surface area contributed by atoms with E-state index in [9.17, 15) is 0 Å². The molecule has 0 aliphatic rings. The highest BCUT2D eigenvalue weighted by Crippen LogP contribution is 2.10. The normalized spacial score (nSPS) is 10.3. The van der Waals surface area contributed by atoms with Crippen molar-refractivity contribution in [2.45, 2.75) is 32.7 Å². The first-order chi connectivity index (χ1) is 7.36. The number of nitrogens with two attached hydrogens (primary N) is 1. The molecule has 84 valence electrons. The number of hydrogen-bond acceptors (Lipinski definition) is 1. The fourth-order valence-corrected chi connectivity index (χ4v) is 1.57. The van der Waals surface area contributed by atoms with E-state index in [1.54, 1.807) is 7.11 Å². The van der Waals surface area contributed by atoms with Gasteiger partial charge in [-0.1, -0.05) is 13.3 Å². The minimum Gasteiger partial charge on any atom is -0.497 e. The predicted molar refractivity (Wildman–Crippen MR) is 63.0 cm³/mol. The molecule has 0 unspecified atom stereocenters. The van der Waals surface area contributed by atoms with Crippen LogP contribution in [-0.2, 0) is 6.54 Å². The second kappa shape index (κ2) is 7.30. The lowest BCUT2D eigenvalue weighted by Gasteiger charge is -2.03. The number of quaternary nitrogens is 1. The van der Waals surface area contributed by atoms with Crippen LogP contribution in [0.1, 0.15) is 31.7 Å². The van der Waals surface area contributed by atoms with Gasteiger partial charge in [-0.3, -0.25) is 0 Å². The van der Waals surface area contributed by atoms with Gasteiger partial charge in [0, 0.05) is 5.56 Å². The molecular weight excluding hydrogens is 186 g/mol. The van der Waals surface area contributed by atoms with Crippen LogP contribution in [0.2, 0.25) is 0 Å². The van der Waals surface area contributed by atoms with Crippen molar-refractivity contribution < 1.29 is 10.1 Å². The van der Waals surface area contributed by atoms with E-state index in [0.29, 0.717) is 0 Å². The van der Waals surface area contributed by atoms with Crippen LogP contribution < -0.4 is 10.1 Å². The average Bonchev–Trinajstić information content (AvgIpc) is 2.30. The van der Waals surface area contributed by atoms with Crippen molar-refractivity contribution in [3.63, 3.8) is 0 Å². The van der Waals surface area contributed by atoms with Crippen LogP contribution in [0, 0.1) is 0 Å². The van der Waals surface area contributed by atoms with Crippen molar-refractivity contribution in [3.05, 3.63) is 29.8 Å². The molecule has 0 radical (unpaired) electrons. The molecule has 0 heterocycles. The number of rotatable bonds is 7. The van der Waals surface area contributed by atoms with E-state index >= 15 is 0 Å². The minimum atomic E-state index is 0.935. The standard InChI is InChI=1S/C13H21NO/c1-3-4-5-10-14-11-12-6-8-13(15-2)9-7-12/h6-9,14H,3-5,10-11H2,1-2H3/p+1. The minimum absolute atomic E-state index is 0.935. The molecule has 0 saturated heterocycles. The summed E-state index contributed by atoms with van der Waals surface area (Å²) in [6.07, 6.45) is 3.97. The van der Waals surface area contributed by atoms with Gasteiger partial charge in [0.05, 0.1) is 13.7 Å². The Morgan fingerprint density at radius 3 is 2.47 bits per heavy atom. The third-order valence-corrected chi connectivity index (χ3v) is 2.55. The van der Waals surface area contributed by atoms with Crippen LogP contribution in [0.5, 0.6) is 5.75 Å². The SMILES string of the molecule is CCCCC[NH2+]Cc1ccc(OC)cc1. The number of methoxy groups -OCH3 is 1. The first-order valence-electron chi connectivity index (χ1n) is 5.81. The second-order valence-corrected chi connectivity index (χ2v) is 3.84. The van der Waals surface area contributed by atoms with Crippen molar-refractivity contribution >= 4 is 0 Å². The Kier molecular flexibility index (Phi) is 5.86. The quantitative estimate of drug-likeness (QED) is 0.681. The first kappa shape index (κ1) is 12.1. The zero-order chi connectivity index (χ0) is 10.9. The molecule has 0 bridgehead atoms. The van der Waals surface area contributed by atoms with Crippen LogP contribution in [0.15, 0.2) is 24.3 Å². The van der Waals surface area contributed by atoms with Gasteiger partial charge in [-0.2, -0.15) is 0 Å². The van der Waals surface area contributed by atoms with Gasteiger partial charge in [0.2, 0.25) is 0 Å². The maximum absolute atomic E-state index is 5.12. The maximum atomic E-state index is 5.12. The summed E-state index contributed by atoms with van der Waals surface area (Å²) in [5, 5.41) is 2.37. The lowest BCUT2D eigenvalue weighted by molar-refractivity contribution is -0.671. The van der Waals surface area contributed by atoms with Crippen molar-refractivity contribution in [2.24, 2.45) is 0 Å². The van der Waals surface area contributed by atoms with E-state index in [2.05, 4.69) is 24.4 Å². The number of ether oxygens (including phenoxy) is 1. The Morgan fingerprint density at radius 1 is 1.13 bits per heavy atom. The Balaban J connectivity index is 2.20. The molecule has 0 aliphatic heterocycles. The van der Waals surface area contributed by atoms with Gasteiger partial charge in [-0.05, 0) is 37.1 Å². The lowest BCUT2D eigenvalue weighted by Crippen LogP contribution is -2.82. The summed E-state index contributed by atoms with van der Waals surface area (Å²) in [6, 6.07) is 8.31. The summed E-state index contributed by atoms with van der Waals surface area (Å²) in [5.74, 6) is 0.935. The van der Waals surface area contributed by atoms with Gasteiger partial charge in [-0.25, -0.2) is 0 Å². The number of hydrogen-bond donors (Lipinski definition) is 1. The van der Waals surface area contributed by atoms with Gasteiger partial charge in [0.15, 0.2) is 0 Å². The summed E-state index contributed by atoms with van der Waals surface area (Å²) in [5.41, 5.74) is 1.37. The zero-order valence-electron chi connectivity index (χ0n) is 9.83. The highest BCUT2D eigenvalue weighted by molar-refractivity contribution is 5.26. The van der Waals surface area contributed by atoms with Crippen LogP contribution in [0.3, 0.4) is 0 Å². The molecule has 0 amide bonds. The monoisotopic (exact) mass is 208 g/mol. The van der Waals surface area contributed by atoms with Crippen LogP contribution >= 0.6 is 0 Å². The topological polar surface area (TPSA) is 25.8 Å². The van der Waals surface area contributed by atoms with Crippen molar-refractivity contribution in [3.8, 4) is 5.75 Å². The van der Waals surface area contributed by atoms with Gasteiger partial charge >= 0.3 is 0 Å². The molecule has 0 saturated carbocycles. The summed E-state index contributed by atoms with van der Waals surface area (Å²) < 4.78 is 5.12. The van der Waals surface area contributed by atoms with Crippen LogP contribution in [0.4, 0.5) is 0 Å². The Hall–Kier alpha value is -1.02. The lowest BCUT2D eigenvalue weighted by atomic mass is 10.2. The van der Waals surface area contributed by atoms with Crippen molar-refractivity contribution in [1.29, 1.82) is 0 Å². The first-order valence-corrected chi connectivity index (χ1v) is 5.81. The van der Waals surface area contributed by atoms with Crippen molar-refractivity contribution in [1.82, 2.24) is 0 Å². The summed E-state index contributed by atoms with van der Waals surface area (Å²) in [7, 11) is 1.70. The molecule has 0 atom stereocenters. The Morgan fingerprint density at radius 2 is 1.87 bits per heavy atom. The Bertz CT molecular complexity index is 256. The molecule has 2 N–H and O–H groups in total. The third kappa shape index (κ3) is 4.84. The number of unbranched alkanes of at least 4 members (excludes halogenated alkanes) is 2. The van der Waals surface area contributed by atoms with Gasteiger partial charge in [0.1, 0.15) is 12.3 Å². The van der Waals surface area contributed by atoms with Crippen LogP contribution in [-0.4, -0.2) is 13.7 Å². The average molecular weight is 208 g/mol.